The summed E-state index contributed by atoms with van der Waals surface area (Å²) < 4.78 is 5.58. The third-order valence-electron chi connectivity index (χ3n) is 4.47. The fraction of sp³-hybridized carbons (Fsp3) is 0.409. The van der Waals surface area contributed by atoms with Gasteiger partial charge in [0.2, 0.25) is 5.91 Å². The molecule has 0 bridgehead atoms. The number of terminal acetylenes is 1. The number of ether oxygens (including phenoxy) is 1. The van der Waals surface area contributed by atoms with E-state index in [0.717, 1.165) is 25.3 Å². The minimum atomic E-state index is 0.00845. The molecule has 1 amide bonds. The van der Waals surface area contributed by atoms with Gasteiger partial charge in [-0.15, -0.1) is 12.8 Å². The summed E-state index contributed by atoms with van der Waals surface area (Å²) in [6.45, 7) is 6.91. The summed E-state index contributed by atoms with van der Waals surface area (Å²) in [5, 5.41) is 0. The molecule has 1 unspecified atom stereocenters. The molecule has 2 heterocycles. The molecule has 1 aromatic rings. The third-order valence-corrected chi connectivity index (χ3v) is 4.47. The van der Waals surface area contributed by atoms with Gasteiger partial charge in [0, 0.05) is 25.8 Å². The quantitative estimate of drug-likeness (QED) is 0.814. The third kappa shape index (κ3) is 7.20. The molecule has 5 nitrogen and oxygen atoms in total. The highest BCUT2D eigenvalue weighted by Crippen LogP contribution is 2.20. The van der Waals surface area contributed by atoms with Gasteiger partial charge in [0.15, 0.2) is 0 Å². The van der Waals surface area contributed by atoms with Crippen molar-refractivity contribution in [3.8, 4) is 12.8 Å². The molecule has 1 atom stereocenters. The van der Waals surface area contributed by atoms with E-state index in [1.807, 2.05) is 44.3 Å². The molecule has 146 valence electrons. The van der Waals surface area contributed by atoms with E-state index >= 15 is 0 Å². The minimum Gasteiger partial charge on any atom is -0.495 e. The molecule has 2 aliphatic rings. The second-order valence-electron chi connectivity index (χ2n) is 6.44. The van der Waals surface area contributed by atoms with Crippen molar-refractivity contribution in [3.63, 3.8) is 0 Å². The number of likely N-dealkylation sites (tertiary alicyclic amines) is 1. The molecule has 0 saturated carbocycles. The van der Waals surface area contributed by atoms with Crippen LogP contribution in [0.3, 0.4) is 0 Å². The first-order chi connectivity index (χ1) is 13.0. The van der Waals surface area contributed by atoms with Crippen LogP contribution in [0, 0.1) is 19.8 Å². The summed E-state index contributed by atoms with van der Waals surface area (Å²) in [7, 11) is 1.86. The summed E-state index contributed by atoms with van der Waals surface area (Å²) in [5.74, 6) is 1.06. The van der Waals surface area contributed by atoms with E-state index in [-0.39, 0.29) is 11.9 Å². The highest BCUT2D eigenvalue weighted by molar-refractivity contribution is 5.83. The number of hydrogen-bond donors (Lipinski definition) is 1. The smallest absolute Gasteiger partial charge is 0.239 e. The van der Waals surface area contributed by atoms with Crippen molar-refractivity contribution in [3.05, 3.63) is 59.5 Å². The van der Waals surface area contributed by atoms with Crippen LogP contribution in [0.5, 0.6) is 0 Å². The minimum absolute atomic E-state index is 0.00845. The first-order valence-corrected chi connectivity index (χ1v) is 9.10. The van der Waals surface area contributed by atoms with Crippen LogP contribution in [0.4, 0.5) is 0 Å². The SMILES string of the molecule is C#C.C/C=C(N)\C=C1/CN(C2CCN(C)C2=O)CCO1.Cc1ccccc1. The number of carbonyl (C=O) groups is 1. The number of morpholine rings is 1. The molecule has 0 radical (unpaired) electrons. The van der Waals surface area contributed by atoms with Gasteiger partial charge in [0.1, 0.15) is 12.4 Å². The molecule has 2 saturated heterocycles. The molecule has 2 aliphatic heterocycles. The van der Waals surface area contributed by atoms with Gasteiger partial charge in [0.25, 0.3) is 0 Å². The highest BCUT2D eigenvalue weighted by Gasteiger charge is 2.35. The second-order valence-corrected chi connectivity index (χ2v) is 6.44. The lowest BCUT2D eigenvalue weighted by Crippen LogP contribution is -2.46. The average Bonchev–Trinajstić information content (AvgIpc) is 3.03. The van der Waals surface area contributed by atoms with Crippen LogP contribution in [0.1, 0.15) is 18.9 Å². The predicted molar refractivity (Wildman–Crippen MR) is 111 cm³/mol. The molecule has 27 heavy (non-hydrogen) atoms. The van der Waals surface area contributed by atoms with Crippen LogP contribution in [0.25, 0.3) is 0 Å². The van der Waals surface area contributed by atoms with Gasteiger partial charge in [-0.25, -0.2) is 0 Å². The number of benzene rings is 1. The van der Waals surface area contributed by atoms with E-state index in [4.69, 9.17) is 10.5 Å². The molecular formula is C22H31N3O2. The Kier molecular flexibility index (Phi) is 9.78. The number of aryl methyl sites for hydroxylation is 1. The Hall–Kier alpha value is -2.71. The van der Waals surface area contributed by atoms with Crippen LogP contribution in [-0.4, -0.2) is 55.0 Å². The van der Waals surface area contributed by atoms with E-state index in [0.29, 0.717) is 18.8 Å². The maximum Gasteiger partial charge on any atom is 0.239 e. The average molecular weight is 370 g/mol. The van der Waals surface area contributed by atoms with Crippen molar-refractivity contribution < 1.29 is 9.53 Å². The van der Waals surface area contributed by atoms with Gasteiger partial charge in [0.05, 0.1) is 12.6 Å². The van der Waals surface area contributed by atoms with Gasteiger partial charge < -0.3 is 15.4 Å². The number of nitrogens with two attached hydrogens (primary N) is 1. The largest absolute Gasteiger partial charge is 0.495 e. The molecule has 0 aliphatic carbocycles. The van der Waals surface area contributed by atoms with Crippen LogP contribution in [0.15, 0.2) is 53.9 Å². The zero-order valence-corrected chi connectivity index (χ0v) is 16.6. The van der Waals surface area contributed by atoms with Crippen molar-refractivity contribution in [2.45, 2.75) is 26.3 Å². The predicted octanol–water partition coefficient (Wildman–Crippen LogP) is 2.54. The first kappa shape index (κ1) is 22.3. The lowest BCUT2D eigenvalue weighted by molar-refractivity contribution is -0.131. The number of carbonyl (C=O) groups excluding carboxylic acids is 1. The Labute approximate surface area is 163 Å². The van der Waals surface area contributed by atoms with Crippen molar-refractivity contribution in [2.24, 2.45) is 5.73 Å². The number of hydrogen-bond acceptors (Lipinski definition) is 4. The normalized spacial score (nSPS) is 21.6. The number of amides is 1. The van der Waals surface area contributed by atoms with Gasteiger partial charge in [-0.3, -0.25) is 9.69 Å². The Balaban J connectivity index is 0.000000338. The fourth-order valence-corrected chi connectivity index (χ4v) is 2.92. The van der Waals surface area contributed by atoms with Gasteiger partial charge >= 0.3 is 0 Å². The van der Waals surface area contributed by atoms with E-state index in [1.165, 1.54) is 5.56 Å². The summed E-state index contributed by atoms with van der Waals surface area (Å²) >= 11 is 0. The molecule has 0 spiro atoms. The summed E-state index contributed by atoms with van der Waals surface area (Å²) in [4.78, 5) is 16.0. The monoisotopic (exact) mass is 369 g/mol. The van der Waals surface area contributed by atoms with Crippen molar-refractivity contribution in [2.75, 3.05) is 33.3 Å². The lowest BCUT2D eigenvalue weighted by atomic mass is 10.2. The molecule has 1 aromatic carbocycles. The van der Waals surface area contributed by atoms with Crippen molar-refractivity contribution >= 4 is 5.91 Å². The van der Waals surface area contributed by atoms with Crippen LogP contribution < -0.4 is 5.73 Å². The second kappa shape index (κ2) is 11.8. The van der Waals surface area contributed by atoms with E-state index in [9.17, 15) is 4.79 Å². The lowest BCUT2D eigenvalue weighted by Gasteiger charge is -2.32. The Morgan fingerprint density at radius 3 is 2.41 bits per heavy atom. The highest BCUT2D eigenvalue weighted by atomic mass is 16.5. The van der Waals surface area contributed by atoms with Crippen LogP contribution in [0.2, 0.25) is 0 Å². The molecular weight excluding hydrogens is 338 g/mol. The molecule has 5 heteroatoms. The molecule has 2 N–H and O–H groups in total. The molecule has 2 fully saturated rings. The standard InChI is InChI=1S/C13H21N3O2.C7H8.C2H2/c1-3-10(14)8-11-9-16(6-7-18-11)12-4-5-15(2)13(12)17;1-7-5-3-2-4-6-7;1-2/h3,8,12H,4-7,9,14H2,1-2H3;2-6H,1H3;1-2H/b10-3+,11-8+;;. The number of rotatable bonds is 2. The molecule has 3 rings (SSSR count). The summed E-state index contributed by atoms with van der Waals surface area (Å²) in [5.41, 5.74) is 7.78. The summed E-state index contributed by atoms with van der Waals surface area (Å²) in [6.07, 6.45) is 12.6. The zero-order chi connectivity index (χ0) is 20.2. The van der Waals surface area contributed by atoms with Gasteiger partial charge in [-0.05, 0) is 26.3 Å². The Morgan fingerprint density at radius 2 is 1.93 bits per heavy atom. The van der Waals surface area contributed by atoms with Crippen LogP contribution in [-0.2, 0) is 9.53 Å². The Bertz CT molecular complexity index is 665. The number of allylic oxidation sites excluding steroid dienone is 2. The molecule has 0 aromatic heterocycles. The van der Waals surface area contributed by atoms with E-state index in [1.54, 1.807) is 4.90 Å². The number of likely N-dealkylation sites (N-methyl/N-ethyl adjacent to an activating group) is 1. The Morgan fingerprint density at radius 1 is 1.26 bits per heavy atom. The maximum absolute atomic E-state index is 12.0. The number of nitrogens with zero attached hydrogens (tertiary/aromatic N) is 2. The van der Waals surface area contributed by atoms with E-state index in [2.05, 4.69) is 36.8 Å². The van der Waals surface area contributed by atoms with Gasteiger partial charge in [-0.1, -0.05) is 42.0 Å². The summed E-state index contributed by atoms with van der Waals surface area (Å²) in [6, 6.07) is 10.3. The van der Waals surface area contributed by atoms with Gasteiger partial charge in [-0.2, -0.15) is 0 Å². The van der Waals surface area contributed by atoms with Crippen molar-refractivity contribution in [1.29, 1.82) is 0 Å². The first-order valence-electron chi connectivity index (χ1n) is 9.10. The zero-order valence-electron chi connectivity index (χ0n) is 16.6. The van der Waals surface area contributed by atoms with Crippen LogP contribution >= 0.6 is 0 Å². The van der Waals surface area contributed by atoms with E-state index < -0.39 is 0 Å². The van der Waals surface area contributed by atoms with Crippen molar-refractivity contribution in [1.82, 2.24) is 9.80 Å². The fourth-order valence-electron chi connectivity index (χ4n) is 2.92. The maximum atomic E-state index is 12.0. The topological polar surface area (TPSA) is 58.8 Å².